The summed E-state index contributed by atoms with van der Waals surface area (Å²) in [5, 5.41) is 0.722. The van der Waals surface area contributed by atoms with Crippen LogP contribution in [0.1, 0.15) is 26.3 Å². The van der Waals surface area contributed by atoms with Gasteiger partial charge in [-0.3, -0.25) is 0 Å². The molecule has 2 heteroatoms. The second-order valence-corrected chi connectivity index (χ2v) is 4.61. The second kappa shape index (κ2) is 2.84. The zero-order valence-electron chi connectivity index (χ0n) is 8.69. The smallest absolute Gasteiger partial charge is 0.148 e. The molecule has 0 fully saturated rings. The number of H-pyrrole nitrogens is 1. The lowest BCUT2D eigenvalue weighted by atomic mass is 9.85. The molecule has 0 bridgehead atoms. The van der Waals surface area contributed by atoms with Gasteiger partial charge in [-0.2, -0.15) is 0 Å². The third kappa shape index (κ3) is 1.31. The van der Waals surface area contributed by atoms with E-state index in [0.29, 0.717) is 0 Å². The number of rotatable bonds is 0. The highest BCUT2D eigenvalue weighted by Gasteiger charge is 2.19. The van der Waals surface area contributed by atoms with Crippen LogP contribution in [0.25, 0.3) is 10.9 Å². The zero-order valence-corrected chi connectivity index (χ0v) is 8.69. The second-order valence-electron chi connectivity index (χ2n) is 4.61. The molecule has 0 amide bonds. The van der Waals surface area contributed by atoms with Crippen molar-refractivity contribution in [2.45, 2.75) is 26.2 Å². The van der Waals surface area contributed by atoms with Crippen LogP contribution in [0, 0.1) is 5.82 Å². The van der Waals surface area contributed by atoms with E-state index < -0.39 is 0 Å². The van der Waals surface area contributed by atoms with Gasteiger partial charge in [-0.25, -0.2) is 4.39 Å². The van der Waals surface area contributed by atoms with Crippen LogP contribution in [-0.4, -0.2) is 4.98 Å². The molecule has 0 radical (unpaired) electrons. The fraction of sp³-hybridized carbons (Fsp3) is 0.333. The average molecular weight is 191 g/mol. The molecule has 0 aliphatic carbocycles. The molecule has 14 heavy (non-hydrogen) atoms. The summed E-state index contributed by atoms with van der Waals surface area (Å²) >= 11 is 0. The Kier molecular flexibility index (Phi) is 1.88. The number of hydrogen-bond acceptors (Lipinski definition) is 0. The van der Waals surface area contributed by atoms with Crippen molar-refractivity contribution in [3.8, 4) is 0 Å². The molecule has 2 aromatic rings. The number of benzene rings is 1. The van der Waals surface area contributed by atoms with E-state index in [4.69, 9.17) is 0 Å². The predicted molar refractivity (Wildman–Crippen MR) is 57.0 cm³/mol. The molecular weight excluding hydrogens is 177 g/mol. The molecule has 0 atom stereocenters. The summed E-state index contributed by atoms with van der Waals surface area (Å²) in [5.74, 6) is -0.162. The Morgan fingerprint density at radius 2 is 1.93 bits per heavy atom. The molecule has 1 aromatic heterocycles. The van der Waals surface area contributed by atoms with Crippen molar-refractivity contribution in [3.63, 3.8) is 0 Å². The Labute approximate surface area is 82.9 Å². The van der Waals surface area contributed by atoms with Gasteiger partial charge in [-0.05, 0) is 17.0 Å². The van der Waals surface area contributed by atoms with E-state index in [9.17, 15) is 4.39 Å². The molecule has 1 nitrogen and oxygen atoms in total. The fourth-order valence-electron chi connectivity index (χ4n) is 1.77. The first-order valence-corrected chi connectivity index (χ1v) is 4.76. The predicted octanol–water partition coefficient (Wildman–Crippen LogP) is 3.60. The first-order valence-electron chi connectivity index (χ1n) is 4.76. The first-order chi connectivity index (χ1) is 6.50. The molecule has 0 unspecified atom stereocenters. The number of aromatic nitrogens is 1. The normalized spacial score (nSPS) is 12.3. The maximum atomic E-state index is 13.5. The quantitative estimate of drug-likeness (QED) is 0.654. The Morgan fingerprint density at radius 1 is 1.21 bits per heavy atom. The Morgan fingerprint density at radius 3 is 2.57 bits per heavy atom. The SMILES string of the molecule is CC(C)(C)c1cccc2[nH]cc(F)c12. The number of fused-ring (bicyclic) bond motifs is 1. The van der Waals surface area contributed by atoms with E-state index in [-0.39, 0.29) is 11.2 Å². The van der Waals surface area contributed by atoms with E-state index in [2.05, 4.69) is 25.8 Å². The lowest BCUT2D eigenvalue weighted by molar-refractivity contribution is 0.587. The number of nitrogens with one attached hydrogen (secondary N) is 1. The molecule has 2 rings (SSSR count). The standard InChI is InChI=1S/C12H14FN/c1-12(2,3)8-5-4-6-10-11(8)9(13)7-14-10/h4-7,14H,1-3H3. The van der Waals surface area contributed by atoms with Crippen molar-refractivity contribution in [1.29, 1.82) is 0 Å². The lowest BCUT2D eigenvalue weighted by Crippen LogP contribution is -2.11. The maximum Gasteiger partial charge on any atom is 0.148 e. The van der Waals surface area contributed by atoms with Crippen molar-refractivity contribution in [1.82, 2.24) is 4.98 Å². The van der Waals surface area contributed by atoms with Crippen molar-refractivity contribution < 1.29 is 4.39 Å². The monoisotopic (exact) mass is 191 g/mol. The molecular formula is C12H14FN. The number of halogens is 1. The molecule has 1 N–H and O–H groups in total. The number of hydrogen-bond donors (Lipinski definition) is 1. The summed E-state index contributed by atoms with van der Waals surface area (Å²) in [6.45, 7) is 6.27. The van der Waals surface area contributed by atoms with Crippen LogP contribution in [-0.2, 0) is 5.41 Å². The Bertz CT molecular complexity index is 463. The summed E-state index contributed by atoms with van der Waals surface area (Å²) in [5.41, 5.74) is 1.89. The van der Waals surface area contributed by atoms with Crippen LogP contribution in [0.2, 0.25) is 0 Å². The van der Waals surface area contributed by atoms with Gasteiger partial charge in [0.15, 0.2) is 0 Å². The minimum Gasteiger partial charge on any atom is -0.359 e. The summed E-state index contributed by atoms with van der Waals surface area (Å²) in [6, 6.07) is 5.84. The van der Waals surface area contributed by atoms with Gasteiger partial charge in [-0.1, -0.05) is 32.9 Å². The van der Waals surface area contributed by atoms with Crippen molar-refractivity contribution in [3.05, 3.63) is 35.8 Å². The highest BCUT2D eigenvalue weighted by molar-refractivity contribution is 5.84. The van der Waals surface area contributed by atoms with Gasteiger partial charge in [-0.15, -0.1) is 0 Å². The molecule has 1 aromatic carbocycles. The third-order valence-electron chi connectivity index (χ3n) is 2.47. The van der Waals surface area contributed by atoms with Crippen LogP contribution in [0.15, 0.2) is 24.4 Å². The lowest BCUT2D eigenvalue weighted by Gasteiger charge is -2.20. The van der Waals surface area contributed by atoms with E-state index in [1.165, 1.54) is 6.20 Å². The van der Waals surface area contributed by atoms with E-state index in [1.807, 2.05) is 18.2 Å². The van der Waals surface area contributed by atoms with Crippen LogP contribution in [0.3, 0.4) is 0 Å². The summed E-state index contributed by atoms with van der Waals surface area (Å²) in [6.07, 6.45) is 1.42. The van der Waals surface area contributed by atoms with Gasteiger partial charge in [0.05, 0.1) is 0 Å². The topological polar surface area (TPSA) is 15.8 Å². The Balaban J connectivity index is 2.82. The summed E-state index contributed by atoms with van der Waals surface area (Å²) < 4.78 is 13.5. The van der Waals surface area contributed by atoms with Crippen molar-refractivity contribution in [2.24, 2.45) is 0 Å². The van der Waals surface area contributed by atoms with Crippen molar-refractivity contribution in [2.75, 3.05) is 0 Å². The summed E-state index contributed by atoms with van der Waals surface area (Å²) in [4.78, 5) is 2.93. The average Bonchev–Trinajstić information content (AvgIpc) is 2.46. The first kappa shape index (κ1) is 9.25. The van der Waals surface area contributed by atoms with Gasteiger partial charge < -0.3 is 4.98 Å². The van der Waals surface area contributed by atoms with E-state index in [0.717, 1.165) is 16.5 Å². The summed E-state index contributed by atoms with van der Waals surface area (Å²) in [7, 11) is 0. The van der Waals surface area contributed by atoms with Crippen LogP contribution < -0.4 is 0 Å². The van der Waals surface area contributed by atoms with Crippen molar-refractivity contribution >= 4 is 10.9 Å². The minimum atomic E-state index is -0.162. The highest BCUT2D eigenvalue weighted by Crippen LogP contribution is 2.30. The third-order valence-corrected chi connectivity index (χ3v) is 2.47. The molecule has 1 heterocycles. The fourth-order valence-corrected chi connectivity index (χ4v) is 1.77. The van der Waals surface area contributed by atoms with Gasteiger partial charge >= 0.3 is 0 Å². The molecule has 0 aliphatic rings. The highest BCUT2D eigenvalue weighted by atomic mass is 19.1. The van der Waals surface area contributed by atoms with Gasteiger partial charge in [0.25, 0.3) is 0 Å². The van der Waals surface area contributed by atoms with E-state index >= 15 is 0 Å². The van der Waals surface area contributed by atoms with Crippen LogP contribution in [0.5, 0.6) is 0 Å². The molecule has 0 saturated carbocycles. The zero-order chi connectivity index (χ0) is 10.3. The van der Waals surface area contributed by atoms with Gasteiger partial charge in [0.2, 0.25) is 0 Å². The minimum absolute atomic E-state index is 0.0253. The van der Waals surface area contributed by atoms with Crippen LogP contribution in [0.4, 0.5) is 4.39 Å². The molecule has 0 aliphatic heterocycles. The largest absolute Gasteiger partial charge is 0.359 e. The van der Waals surface area contributed by atoms with Gasteiger partial charge in [0, 0.05) is 17.1 Å². The van der Waals surface area contributed by atoms with Crippen LogP contribution >= 0.6 is 0 Å². The Hall–Kier alpha value is -1.31. The number of aromatic amines is 1. The molecule has 0 saturated heterocycles. The molecule has 74 valence electrons. The van der Waals surface area contributed by atoms with E-state index in [1.54, 1.807) is 0 Å². The maximum absolute atomic E-state index is 13.5. The van der Waals surface area contributed by atoms with Gasteiger partial charge in [0.1, 0.15) is 5.82 Å². The molecule has 0 spiro atoms.